The van der Waals surface area contributed by atoms with Crippen LogP contribution in [0.5, 0.6) is 11.5 Å². The zero-order valence-electron chi connectivity index (χ0n) is 10.5. The van der Waals surface area contributed by atoms with Gasteiger partial charge in [0.15, 0.2) is 0 Å². The number of phenolic OH excluding ortho intramolecular Hbond substituents is 1. The predicted molar refractivity (Wildman–Crippen MR) is 70.6 cm³/mol. The van der Waals surface area contributed by atoms with Crippen LogP contribution in [0.4, 0.5) is 0 Å². The number of carboxylic acid groups (broad SMARTS) is 1. The number of benzene rings is 2. The van der Waals surface area contributed by atoms with Crippen molar-refractivity contribution in [3.05, 3.63) is 59.2 Å². The van der Waals surface area contributed by atoms with Gasteiger partial charge in [-0.2, -0.15) is 0 Å². The fraction of sp³-hybridized carbons (Fsp3) is 0.133. The summed E-state index contributed by atoms with van der Waals surface area (Å²) < 4.78 is 5.56. The Kier molecular flexibility index (Phi) is 3.71. The summed E-state index contributed by atoms with van der Waals surface area (Å²) in [7, 11) is 0. The lowest BCUT2D eigenvalue weighted by Gasteiger charge is -2.09. The largest absolute Gasteiger partial charge is 0.508 e. The minimum absolute atomic E-state index is 0.0488. The van der Waals surface area contributed by atoms with E-state index in [1.54, 1.807) is 6.07 Å². The van der Waals surface area contributed by atoms with Crippen molar-refractivity contribution in [2.45, 2.75) is 13.5 Å². The van der Waals surface area contributed by atoms with E-state index < -0.39 is 5.97 Å². The van der Waals surface area contributed by atoms with Crippen LogP contribution in [0.1, 0.15) is 21.5 Å². The summed E-state index contributed by atoms with van der Waals surface area (Å²) >= 11 is 0. The van der Waals surface area contributed by atoms with E-state index in [4.69, 9.17) is 9.84 Å². The van der Waals surface area contributed by atoms with Gasteiger partial charge in [0, 0.05) is 5.56 Å². The molecule has 4 heteroatoms. The van der Waals surface area contributed by atoms with Crippen LogP contribution in [-0.4, -0.2) is 16.2 Å². The number of phenols is 1. The molecule has 0 saturated carbocycles. The molecule has 0 unspecified atom stereocenters. The molecule has 98 valence electrons. The molecule has 19 heavy (non-hydrogen) atoms. The van der Waals surface area contributed by atoms with Crippen LogP contribution in [0.3, 0.4) is 0 Å². The first-order chi connectivity index (χ1) is 9.06. The molecule has 0 bridgehead atoms. The van der Waals surface area contributed by atoms with Crippen LogP contribution in [0.2, 0.25) is 0 Å². The topological polar surface area (TPSA) is 66.8 Å². The maximum absolute atomic E-state index is 11.1. The lowest BCUT2D eigenvalue weighted by Crippen LogP contribution is -2.05. The fourth-order valence-electron chi connectivity index (χ4n) is 1.76. The van der Waals surface area contributed by atoms with Crippen molar-refractivity contribution in [3.8, 4) is 11.5 Å². The molecule has 0 aliphatic carbocycles. The highest BCUT2D eigenvalue weighted by atomic mass is 16.5. The Hall–Kier alpha value is -2.49. The first kappa shape index (κ1) is 13.0. The molecule has 0 atom stereocenters. The van der Waals surface area contributed by atoms with Gasteiger partial charge in [-0.15, -0.1) is 0 Å². The van der Waals surface area contributed by atoms with E-state index in [1.165, 1.54) is 12.1 Å². The molecular weight excluding hydrogens is 244 g/mol. The Labute approximate surface area is 110 Å². The maximum Gasteiger partial charge on any atom is 0.336 e. The summed E-state index contributed by atoms with van der Waals surface area (Å²) in [6, 6.07) is 11.7. The van der Waals surface area contributed by atoms with Gasteiger partial charge in [-0.3, -0.25) is 0 Å². The van der Waals surface area contributed by atoms with Gasteiger partial charge in [-0.1, -0.05) is 18.2 Å². The van der Waals surface area contributed by atoms with Gasteiger partial charge in [0.2, 0.25) is 0 Å². The highest BCUT2D eigenvalue weighted by Gasteiger charge is 2.11. The van der Waals surface area contributed by atoms with Crippen LogP contribution in [0.15, 0.2) is 42.5 Å². The molecule has 0 saturated heterocycles. The molecule has 0 amide bonds. The molecule has 0 fully saturated rings. The molecule has 0 aromatic heterocycles. The van der Waals surface area contributed by atoms with Crippen LogP contribution in [0, 0.1) is 6.92 Å². The van der Waals surface area contributed by atoms with Crippen LogP contribution in [-0.2, 0) is 6.61 Å². The average molecular weight is 258 g/mol. The fourth-order valence-corrected chi connectivity index (χ4v) is 1.76. The number of hydrogen-bond donors (Lipinski definition) is 2. The minimum atomic E-state index is -1.08. The van der Waals surface area contributed by atoms with Gasteiger partial charge in [0.05, 0.1) is 5.56 Å². The van der Waals surface area contributed by atoms with Crippen molar-refractivity contribution in [2.75, 3.05) is 0 Å². The zero-order valence-corrected chi connectivity index (χ0v) is 10.5. The summed E-state index contributed by atoms with van der Waals surface area (Å²) in [6.07, 6.45) is 0. The van der Waals surface area contributed by atoms with Gasteiger partial charge in [-0.25, -0.2) is 4.79 Å². The standard InChI is InChI=1S/C15H14O4/c1-10-3-2-4-13(7-10)19-9-11-5-6-12(16)8-14(11)15(17)18/h2-8,16H,9H2,1H3,(H,17,18). The Morgan fingerprint density at radius 2 is 2.00 bits per heavy atom. The molecule has 2 aromatic rings. The number of aromatic carboxylic acids is 1. The normalized spacial score (nSPS) is 10.2. The maximum atomic E-state index is 11.1. The zero-order chi connectivity index (χ0) is 13.8. The highest BCUT2D eigenvalue weighted by Crippen LogP contribution is 2.20. The Balaban J connectivity index is 2.17. The van der Waals surface area contributed by atoms with Gasteiger partial charge in [0.25, 0.3) is 0 Å². The van der Waals surface area contributed by atoms with E-state index >= 15 is 0 Å². The number of carbonyl (C=O) groups is 1. The van der Waals surface area contributed by atoms with Gasteiger partial charge in [-0.05, 0) is 36.8 Å². The Morgan fingerprint density at radius 3 is 2.68 bits per heavy atom. The van der Waals surface area contributed by atoms with Crippen molar-refractivity contribution >= 4 is 5.97 Å². The number of aryl methyl sites for hydroxylation is 1. The molecule has 0 radical (unpaired) electrons. The van der Waals surface area contributed by atoms with Crippen LogP contribution in [0.25, 0.3) is 0 Å². The van der Waals surface area contributed by atoms with E-state index in [0.717, 1.165) is 5.56 Å². The molecule has 2 aromatic carbocycles. The lowest BCUT2D eigenvalue weighted by molar-refractivity contribution is 0.0693. The third-order valence-electron chi connectivity index (χ3n) is 2.71. The molecule has 0 aliphatic rings. The molecule has 0 spiro atoms. The van der Waals surface area contributed by atoms with Crippen molar-refractivity contribution in [3.63, 3.8) is 0 Å². The number of aromatic hydroxyl groups is 1. The first-order valence-corrected chi connectivity index (χ1v) is 5.81. The van der Waals surface area contributed by atoms with Gasteiger partial charge in [0.1, 0.15) is 18.1 Å². The Morgan fingerprint density at radius 1 is 1.21 bits per heavy atom. The molecular formula is C15H14O4. The van der Waals surface area contributed by atoms with E-state index in [9.17, 15) is 9.90 Å². The monoisotopic (exact) mass is 258 g/mol. The third kappa shape index (κ3) is 3.25. The van der Waals surface area contributed by atoms with E-state index in [-0.39, 0.29) is 17.9 Å². The van der Waals surface area contributed by atoms with Crippen molar-refractivity contribution < 1.29 is 19.7 Å². The highest BCUT2D eigenvalue weighted by molar-refractivity contribution is 5.89. The van der Waals surface area contributed by atoms with Crippen LogP contribution >= 0.6 is 0 Å². The second-order valence-corrected chi connectivity index (χ2v) is 4.25. The number of rotatable bonds is 4. The summed E-state index contributed by atoms with van der Waals surface area (Å²) in [4.78, 5) is 11.1. The Bertz CT molecular complexity index is 605. The molecule has 0 aliphatic heterocycles. The second kappa shape index (κ2) is 5.44. The molecule has 2 N–H and O–H groups in total. The molecule has 0 heterocycles. The second-order valence-electron chi connectivity index (χ2n) is 4.25. The van der Waals surface area contributed by atoms with Crippen molar-refractivity contribution in [2.24, 2.45) is 0 Å². The minimum Gasteiger partial charge on any atom is -0.508 e. The van der Waals surface area contributed by atoms with Crippen molar-refractivity contribution in [1.82, 2.24) is 0 Å². The van der Waals surface area contributed by atoms with E-state index in [0.29, 0.717) is 11.3 Å². The summed E-state index contributed by atoms with van der Waals surface area (Å²) in [5.41, 5.74) is 1.64. The van der Waals surface area contributed by atoms with Crippen molar-refractivity contribution in [1.29, 1.82) is 0 Å². The number of hydrogen-bond acceptors (Lipinski definition) is 3. The average Bonchev–Trinajstić information content (AvgIpc) is 2.37. The molecule has 2 rings (SSSR count). The van der Waals surface area contributed by atoms with Gasteiger partial charge >= 0.3 is 5.97 Å². The first-order valence-electron chi connectivity index (χ1n) is 5.81. The predicted octanol–water partition coefficient (Wildman–Crippen LogP) is 2.98. The lowest BCUT2D eigenvalue weighted by atomic mass is 10.1. The molecule has 4 nitrogen and oxygen atoms in total. The smallest absolute Gasteiger partial charge is 0.336 e. The SMILES string of the molecule is Cc1cccc(OCc2ccc(O)cc2C(=O)O)c1. The number of carboxylic acids is 1. The summed E-state index contributed by atoms with van der Waals surface area (Å²) in [5.74, 6) is -0.472. The quantitative estimate of drug-likeness (QED) is 0.884. The third-order valence-corrected chi connectivity index (χ3v) is 2.71. The summed E-state index contributed by atoms with van der Waals surface area (Å²) in [6.45, 7) is 2.10. The summed E-state index contributed by atoms with van der Waals surface area (Å²) in [5, 5.41) is 18.4. The van der Waals surface area contributed by atoms with E-state index in [2.05, 4.69) is 0 Å². The van der Waals surface area contributed by atoms with Gasteiger partial charge < -0.3 is 14.9 Å². The van der Waals surface area contributed by atoms with Crippen LogP contribution < -0.4 is 4.74 Å². The number of ether oxygens (including phenoxy) is 1. The van der Waals surface area contributed by atoms with E-state index in [1.807, 2.05) is 31.2 Å².